The van der Waals surface area contributed by atoms with Gasteiger partial charge in [-0.1, -0.05) is 6.07 Å². The van der Waals surface area contributed by atoms with Crippen LogP contribution in [-0.2, 0) is 16.1 Å². The zero-order valence-corrected chi connectivity index (χ0v) is 8.30. The Bertz CT molecular complexity index is 434. The Balaban J connectivity index is 2.16. The zero-order valence-electron chi connectivity index (χ0n) is 8.30. The van der Waals surface area contributed by atoms with Gasteiger partial charge in [0.1, 0.15) is 0 Å². The van der Waals surface area contributed by atoms with E-state index in [4.69, 9.17) is 0 Å². The largest absolute Gasteiger partial charge is 0.269 e. The average molecular weight is 202 g/mol. The normalized spacial score (nSPS) is 15.1. The number of nitrogens with zero attached hydrogens (tertiary/aromatic N) is 2. The number of amides is 2. The third-order valence-electron chi connectivity index (χ3n) is 2.17. The molecule has 0 saturated carbocycles. The van der Waals surface area contributed by atoms with Crippen LogP contribution in [0.2, 0.25) is 0 Å². The molecule has 0 radical (unpaired) electrons. The summed E-state index contributed by atoms with van der Waals surface area (Å²) in [6, 6.07) is 5.53. The van der Waals surface area contributed by atoms with Gasteiger partial charge in [-0.15, -0.1) is 0 Å². The molecule has 0 N–H and O–H groups in total. The van der Waals surface area contributed by atoms with Gasteiger partial charge in [0.15, 0.2) is 0 Å². The van der Waals surface area contributed by atoms with Gasteiger partial charge in [-0.3, -0.25) is 19.5 Å². The van der Waals surface area contributed by atoms with Crippen molar-refractivity contribution in [1.82, 2.24) is 9.88 Å². The van der Waals surface area contributed by atoms with Gasteiger partial charge < -0.3 is 0 Å². The fourth-order valence-electron chi connectivity index (χ4n) is 1.44. The molecule has 2 amide bonds. The maximum absolute atomic E-state index is 11.3. The molecule has 0 unspecified atom stereocenters. The molecule has 0 saturated heterocycles. The van der Waals surface area contributed by atoms with Gasteiger partial charge in [0.05, 0.1) is 12.2 Å². The van der Waals surface area contributed by atoms with E-state index in [1.54, 1.807) is 6.07 Å². The molecule has 1 aliphatic heterocycles. The van der Waals surface area contributed by atoms with Crippen LogP contribution in [0.25, 0.3) is 0 Å². The molecule has 1 aliphatic rings. The van der Waals surface area contributed by atoms with E-state index in [1.807, 2.05) is 19.1 Å². The predicted molar refractivity (Wildman–Crippen MR) is 53.7 cm³/mol. The van der Waals surface area contributed by atoms with E-state index in [1.165, 1.54) is 17.1 Å². The highest BCUT2D eigenvalue weighted by molar-refractivity contribution is 6.12. The summed E-state index contributed by atoms with van der Waals surface area (Å²) in [5.41, 5.74) is 1.60. The number of aromatic nitrogens is 1. The first-order valence-corrected chi connectivity index (χ1v) is 4.63. The molecular weight excluding hydrogens is 192 g/mol. The van der Waals surface area contributed by atoms with Crippen LogP contribution in [0.4, 0.5) is 0 Å². The van der Waals surface area contributed by atoms with Crippen LogP contribution in [0.1, 0.15) is 11.4 Å². The van der Waals surface area contributed by atoms with E-state index in [0.717, 1.165) is 11.4 Å². The Hall–Kier alpha value is -1.97. The SMILES string of the molecule is Cc1cccc(CN2C(=O)C=CC2=O)n1. The summed E-state index contributed by atoms with van der Waals surface area (Å²) in [7, 11) is 0. The fourth-order valence-corrected chi connectivity index (χ4v) is 1.44. The molecule has 15 heavy (non-hydrogen) atoms. The summed E-state index contributed by atoms with van der Waals surface area (Å²) >= 11 is 0. The maximum atomic E-state index is 11.3. The van der Waals surface area contributed by atoms with Gasteiger partial charge in [-0.25, -0.2) is 0 Å². The van der Waals surface area contributed by atoms with Crippen molar-refractivity contribution in [2.24, 2.45) is 0 Å². The zero-order chi connectivity index (χ0) is 10.8. The molecular formula is C11H10N2O2. The minimum Gasteiger partial charge on any atom is -0.269 e. The second-order valence-corrected chi connectivity index (χ2v) is 3.37. The van der Waals surface area contributed by atoms with Crippen LogP contribution in [0.15, 0.2) is 30.4 Å². The van der Waals surface area contributed by atoms with Crippen LogP contribution in [-0.4, -0.2) is 21.7 Å². The fraction of sp³-hybridized carbons (Fsp3) is 0.182. The lowest BCUT2D eigenvalue weighted by atomic mass is 10.3. The molecule has 2 heterocycles. The summed E-state index contributed by atoms with van der Waals surface area (Å²) in [5, 5.41) is 0. The monoisotopic (exact) mass is 202 g/mol. The summed E-state index contributed by atoms with van der Waals surface area (Å²) in [6.07, 6.45) is 2.55. The Morgan fingerprint density at radius 2 is 1.87 bits per heavy atom. The lowest BCUT2D eigenvalue weighted by molar-refractivity contribution is -0.137. The van der Waals surface area contributed by atoms with E-state index in [-0.39, 0.29) is 18.4 Å². The van der Waals surface area contributed by atoms with Crippen LogP contribution < -0.4 is 0 Å². The van der Waals surface area contributed by atoms with Crippen LogP contribution in [0.5, 0.6) is 0 Å². The second-order valence-electron chi connectivity index (χ2n) is 3.37. The highest BCUT2D eigenvalue weighted by Crippen LogP contribution is 2.09. The molecule has 0 spiro atoms. The standard InChI is InChI=1S/C11H10N2O2/c1-8-3-2-4-9(12-8)7-13-10(14)5-6-11(13)15/h2-6H,7H2,1H3. The average Bonchev–Trinajstić information content (AvgIpc) is 2.50. The molecule has 0 fully saturated rings. The first-order valence-electron chi connectivity index (χ1n) is 4.63. The summed E-state index contributed by atoms with van der Waals surface area (Å²) < 4.78 is 0. The van der Waals surface area contributed by atoms with E-state index >= 15 is 0 Å². The predicted octanol–water partition coefficient (Wildman–Crippen LogP) is 0.815. The van der Waals surface area contributed by atoms with Crippen molar-refractivity contribution in [3.05, 3.63) is 41.7 Å². The number of imide groups is 1. The number of hydrogen-bond donors (Lipinski definition) is 0. The van der Waals surface area contributed by atoms with Gasteiger partial charge in [0.2, 0.25) is 0 Å². The van der Waals surface area contributed by atoms with Crippen LogP contribution in [0, 0.1) is 6.92 Å². The van der Waals surface area contributed by atoms with Crippen molar-refractivity contribution >= 4 is 11.8 Å². The van der Waals surface area contributed by atoms with E-state index in [2.05, 4.69) is 4.98 Å². The first kappa shape index (κ1) is 9.58. The number of carbonyl (C=O) groups is 2. The Morgan fingerprint density at radius 3 is 2.47 bits per heavy atom. The van der Waals surface area contributed by atoms with E-state index < -0.39 is 0 Å². The quantitative estimate of drug-likeness (QED) is 0.667. The van der Waals surface area contributed by atoms with Gasteiger partial charge in [0, 0.05) is 17.8 Å². The third-order valence-corrected chi connectivity index (χ3v) is 2.17. The van der Waals surface area contributed by atoms with E-state index in [0.29, 0.717) is 0 Å². The van der Waals surface area contributed by atoms with Gasteiger partial charge in [-0.2, -0.15) is 0 Å². The lowest BCUT2D eigenvalue weighted by Crippen LogP contribution is -2.29. The molecule has 2 rings (SSSR count). The Kier molecular flexibility index (Phi) is 2.33. The molecule has 1 aromatic rings. The minimum atomic E-state index is -0.275. The third kappa shape index (κ3) is 1.93. The molecule has 0 aromatic carbocycles. The van der Waals surface area contributed by atoms with Crippen molar-refractivity contribution in [2.45, 2.75) is 13.5 Å². The van der Waals surface area contributed by atoms with Gasteiger partial charge in [0.25, 0.3) is 11.8 Å². The second kappa shape index (κ2) is 3.65. The Morgan fingerprint density at radius 1 is 1.20 bits per heavy atom. The maximum Gasteiger partial charge on any atom is 0.253 e. The molecule has 4 heteroatoms. The smallest absolute Gasteiger partial charge is 0.253 e. The molecule has 0 bridgehead atoms. The number of hydrogen-bond acceptors (Lipinski definition) is 3. The van der Waals surface area contributed by atoms with Crippen LogP contribution in [0.3, 0.4) is 0 Å². The van der Waals surface area contributed by atoms with Crippen molar-refractivity contribution in [3.8, 4) is 0 Å². The van der Waals surface area contributed by atoms with Crippen molar-refractivity contribution in [2.75, 3.05) is 0 Å². The summed E-state index contributed by atoms with van der Waals surface area (Å²) in [5.74, 6) is -0.549. The number of rotatable bonds is 2. The Labute approximate surface area is 87.2 Å². The number of pyridine rings is 1. The van der Waals surface area contributed by atoms with Crippen LogP contribution >= 0.6 is 0 Å². The number of carbonyl (C=O) groups excluding carboxylic acids is 2. The minimum absolute atomic E-state index is 0.242. The lowest BCUT2D eigenvalue weighted by Gasteiger charge is -2.12. The number of aryl methyl sites for hydroxylation is 1. The molecule has 0 atom stereocenters. The topological polar surface area (TPSA) is 50.3 Å². The van der Waals surface area contributed by atoms with E-state index in [9.17, 15) is 9.59 Å². The highest BCUT2D eigenvalue weighted by atomic mass is 16.2. The van der Waals surface area contributed by atoms with Gasteiger partial charge >= 0.3 is 0 Å². The first-order chi connectivity index (χ1) is 7.16. The van der Waals surface area contributed by atoms with Crippen molar-refractivity contribution in [1.29, 1.82) is 0 Å². The van der Waals surface area contributed by atoms with Crippen molar-refractivity contribution < 1.29 is 9.59 Å². The van der Waals surface area contributed by atoms with Crippen molar-refractivity contribution in [3.63, 3.8) is 0 Å². The van der Waals surface area contributed by atoms with Gasteiger partial charge in [-0.05, 0) is 19.1 Å². The molecule has 0 aliphatic carbocycles. The highest BCUT2D eigenvalue weighted by Gasteiger charge is 2.23. The molecule has 76 valence electrons. The molecule has 1 aromatic heterocycles. The summed E-state index contributed by atoms with van der Waals surface area (Å²) in [6.45, 7) is 2.11. The summed E-state index contributed by atoms with van der Waals surface area (Å²) in [4.78, 5) is 27.9. The molecule has 4 nitrogen and oxygen atoms in total.